The van der Waals surface area contributed by atoms with Crippen molar-refractivity contribution in [3.05, 3.63) is 47.2 Å². The molecule has 0 unspecified atom stereocenters. The van der Waals surface area contributed by atoms with E-state index in [1.54, 1.807) is 0 Å². The molecule has 1 aliphatic carbocycles. The highest BCUT2D eigenvalue weighted by Crippen LogP contribution is 2.41. The molecule has 3 N–H and O–H groups in total. The van der Waals surface area contributed by atoms with E-state index in [0.717, 1.165) is 18.8 Å². The topological polar surface area (TPSA) is 68.8 Å². The molecule has 4 rings (SSSR count). The van der Waals surface area contributed by atoms with Crippen LogP contribution in [-0.4, -0.2) is 14.8 Å². The monoisotopic (exact) mass is 267 g/mol. The highest BCUT2D eigenvalue weighted by Gasteiger charge is 2.32. The second-order valence-corrected chi connectivity index (χ2v) is 5.39. The van der Waals surface area contributed by atoms with Crippen molar-refractivity contribution in [2.45, 2.75) is 31.7 Å². The molecule has 102 valence electrons. The summed E-state index contributed by atoms with van der Waals surface area (Å²) in [6.07, 6.45) is 4.67. The number of hydrogen-bond donors (Lipinski definition) is 2. The maximum Gasteiger partial charge on any atom is 0.241 e. The molecule has 1 aromatic heterocycles. The standard InChI is InChI=1S/C15H17N5/c16-14-18-15-17-12-9-5-4-8-11(12)13(20(15)19-14)10-6-2-1-3-7-10/h1-3,6-7,13H,4-5,8-9H2,(H3,16,17,18,19)/t13-/m1/s1. The number of allylic oxidation sites excluding steroid dienone is 2. The molecule has 1 aromatic carbocycles. The number of nitrogens with two attached hydrogens (primary N) is 1. The third-order valence-corrected chi connectivity index (χ3v) is 4.11. The SMILES string of the molecule is Nc1nc2n(n1)[C@H](c1ccccc1)C1=C(CCCC1)N2. The number of nitrogens with zero attached hydrogens (tertiary/aromatic N) is 3. The van der Waals surface area contributed by atoms with Gasteiger partial charge in [-0.3, -0.25) is 0 Å². The summed E-state index contributed by atoms with van der Waals surface area (Å²) >= 11 is 0. The van der Waals surface area contributed by atoms with Gasteiger partial charge < -0.3 is 11.1 Å². The van der Waals surface area contributed by atoms with Gasteiger partial charge in [0.15, 0.2) is 0 Å². The second kappa shape index (κ2) is 4.37. The molecular formula is C15H17N5. The predicted molar refractivity (Wildman–Crippen MR) is 78.1 cm³/mol. The Hall–Kier alpha value is -2.30. The van der Waals surface area contributed by atoms with Gasteiger partial charge >= 0.3 is 0 Å². The minimum absolute atomic E-state index is 0.132. The molecule has 0 bridgehead atoms. The normalized spacial score (nSPS) is 21.1. The smallest absolute Gasteiger partial charge is 0.241 e. The fourth-order valence-corrected chi connectivity index (χ4v) is 3.24. The Kier molecular flexibility index (Phi) is 2.52. The van der Waals surface area contributed by atoms with Crippen molar-refractivity contribution in [2.75, 3.05) is 11.1 Å². The molecule has 5 heteroatoms. The van der Waals surface area contributed by atoms with Crippen molar-refractivity contribution in [2.24, 2.45) is 0 Å². The van der Waals surface area contributed by atoms with Gasteiger partial charge in [0, 0.05) is 5.70 Å². The molecule has 2 heterocycles. The first-order valence-corrected chi connectivity index (χ1v) is 7.09. The van der Waals surface area contributed by atoms with Crippen LogP contribution in [0.4, 0.5) is 11.9 Å². The molecular weight excluding hydrogens is 250 g/mol. The molecule has 2 aliphatic rings. The summed E-state index contributed by atoms with van der Waals surface area (Å²) < 4.78 is 1.93. The molecule has 2 aromatic rings. The fraction of sp³-hybridized carbons (Fsp3) is 0.333. The lowest BCUT2D eigenvalue weighted by Gasteiger charge is -2.33. The molecule has 20 heavy (non-hydrogen) atoms. The van der Waals surface area contributed by atoms with Gasteiger partial charge in [-0.25, -0.2) is 4.68 Å². The molecule has 1 aliphatic heterocycles. The highest BCUT2D eigenvalue weighted by molar-refractivity contribution is 5.50. The van der Waals surface area contributed by atoms with Gasteiger partial charge in [-0.15, -0.1) is 5.10 Å². The summed E-state index contributed by atoms with van der Waals surface area (Å²) in [5.74, 6) is 1.09. The van der Waals surface area contributed by atoms with E-state index in [-0.39, 0.29) is 6.04 Å². The minimum Gasteiger partial charge on any atom is -0.366 e. The van der Waals surface area contributed by atoms with E-state index in [0.29, 0.717) is 5.95 Å². The van der Waals surface area contributed by atoms with Gasteiger partial charge in [0.1, 0.15) is 6.04 Å². The van der Waals surface area contributed by atoms with Gasteiger partial charge in [0.25, 0.3) is 0 Å². The van der Waals surface area contributed by atoms with Crippen molar-refractivity contribution in [1.82, 2.24) is 14.8 Å². The maximum absolute atomic E-state index is 5.79. The van der Waals surface area contributed by atoms with Crippen molar-refractivity contribution in [3.63, 3.8) is 0 Å². The van der Waals surface area contributed by atoms with Crippen molar-refractivity contribution >= 4 is 11.9 Å². The lowest BCUT2D eigenvalue weighted by molar-refractivity contribution is 0.518. The maximum atomic E-state index is 5.79. The van der Waals surface area contributed by atoms with E-state index >= 15 is 0 Å². The van der Waals surface area contributed by atoms with Crippen LogP contribution in [0, 0.1) is 0 Å². The molecule has 0 amide bonds. The summed E-state index contributed by atoms with van der Waals surface area (Å²) in [7, 11) is 0. The third kappa shape index (κ3) is 1.70. The van der Waals surface area contributed by atoms with Crippen LogP contribution >= 0.6 is 0 Å². The van der Waals surface area contributed by atoms with E-state index in [1.807, 2.05) is 10.7 Å². The molecule has 0 radical (unpaired) electrons. The van der Waals surface area contributed by atoms with Crippen LogP contribution in [0.1, 0.15) is 37.3 Å². The van der Waals surface area contributed by atoms with Crippen molar-refractivity contribution in [1.29, 1.82) is 0 Å². The average Bonchev–Trinajstić information content (AvgIpc) is 2.85. The summed E-state index contributed by atoms with van der Waals surface area (Å²) in [6.45, 7) is 0. The van der Waals surface area contributed by atoms with E-state index in [4.69, 9.17) is 5.73 Å². The van der Waals surface area contributed by atoms with Crippen LogP contribution in [0.15, 0.2) is 41.6 Å². The molecule has 0 spiro atoms. The van der Waals surface area contributed by atoms with E-state index in [1.165, 1.54) is 29.7 Å². The van der Waals surface area contributed by atoms with Gasteiger partial charge in [-0.05, 0) is 36.8 Å². The lowest BCUT2D eigenvalue weighted by Crippen LogP contribution is -2.27. The number of nitrogens with one attached hydrogen (secondary N) is 1. The number of nitrogen functional groups attached to an aromatic ring is 1. The Bertz CT molecular complexity index is 671. The van der Waals surface area contributed by atoms with E-state index < -0.39 is 0 Å². The van der Waals surface area contributed by atoms with Crippen LogP contribution in [0.2, 0.25) is 0 Å². The summed E-state index contributed by atoms with van der Waals surface area (Å²) in [6, 6.07) is 10.6. The van der Waals surface area contributed by atoms with E-state index in [2.05, 4.69) is 39.7 Å². The predicted octanol–water partition coefficient (Wildman–Crippen LogP) is 2.70. The number of hydrogen-bond acceptors (Lipinski definition) is 4. The molecule has 5 nitrogen and oxygen atoms in total. The first-order chi connectivity index (χ1) is 9.83. The first kappa shape index (κ1) is 11.5. The van der Waals surface area contributed by atoms with Crippen molar-refractivity contribution < 1.29 is 0 Å². The number of aromatic nitrogens is 3. The zero-order valence-electron chi connectivity index (χ0n) is 11.2. The quantitative estimate of drug-likeness (QED) is 0.833. The average molecular weight is 267 g/mol. The van der Waals surface area contributed by atoms with E-state index in [9.17, 15) is 0 Å². The van der Waals surface area contributed by atoms with Gasteiger partial charge in [0.2, 0.25) is 11.9 Å². The second-order valence-electron chi connectivity index (χ2n) is 5.39. The number of anilines is 2. The lowest BCUT2D eigenvalue weighted by atomic mass is 9.86. The highest BCUT2D eigenvalue weighted by atomic mass is 15.4. The van der Waals surface area contributed by atoms with Crippen LogP contribution in [-0.2, 0) is 0 Å². The summed E-state index contributed by atoms with van der Waals surface area (Å²) in [5, 5.41) is 7.80. The molecule has 0 fully saturated rings. The fourth-order valence-electron chi connectivity index (χ4n) is 3.24. The van der Waals surface area contributed by atoms with Crippen LogP contribution in [0.5, 0.6) is 0 Å². The molecule has 1 atom stereocenters. The zero-order valence-corrected chi connectivity index (χ0v) is 11.2. The Balaban J connectivity index is 1.89. The number of benzene rings is 1. The van der Waals surface area contributed by atoms with Crippen molar-refractivity contribution in [3.8, 4) is 0 Å². The number of fused-ring (bicyclic) bond motifs is 1. The number of rotatable bonds is 1. The van der Waals surface area contributed by atoms with Gasteiger partial charge in [-0.2, -0.15) is 4.98 Å². The molecule has 0 saturated carbocycles. The van der Waals surface area contributed by atoms with Crippen LogP contribution in [0.25, 0.3) is 0 Å². The molecule has 0 saturated heterocycles. The Morgan fingerprint density at radius 1 is 1.15 bits per heavy atom. The Labute approximate surface area is 117 Å². The first-order valence-electron chi connectivity index (χ1n) is 7.09. The zero-order chi connectivity index (χ0) is 13.5. The van der Waals surface area contributed by atoms with Gasteiger partial charge in [-0.1, -0.05) is 30.3 Å². The third-order valence-electron chi connectivity index (χ3n) is 4.11. The van der Waals surface area contributed by atoms with Crippen LogP contribution < -0.4 is 11.1 Å². The Morgan fingerprint density at radius 2 is 1.95 bits per heavy atom. The van der Waals surface area contributed by atoms with Crippen LogP contribution in [0.3, 0.4) is 0 Å². The van der Waals surface area contributed by atoms with Gasteiger partial charge in [0.05, 0.1) is 0 Å². The Morgan fingerprint density at radius 3 is 2.80 bits per heavy atom. The summed E-state index contributed by atoms with van der Waals surface area (Å²) in [5.41, 5.74) is 9.77. The minimum atomic E-state index is 0.132. The largest absolute Gasteiger partial charge is 0.366 e. The summed E-state index contributed by atoms with van der Waals surface area (Å²) in [4.78, 5) is 4.30.